The largest absolute Gasteiger partial charge is 0.366 e. The smallest absolute Gasteiger partial charge is 0.256 e. The van der Waals surface area contributed by atoms with Crippen molar-refractivity contribution >= 4 is 28.2 Å². The van der Waals surface area contributed by atoms with E-state index in [1.807, 2.05) is 39.8 Å². The van der Waals surface area contributed by atoms with Crippen LogP contribution in [0.3, 0.4) is 0 Å². The zero-order valence-corrected chi connectivity index (χ0v) is 14.0. The average molecular weight is 316 g/mol. The monoisotopic (exact) mass is 316 g/mol. The number of carbonyl (C=O) groups is 2. The second-order valence-corrected chi connectivity index (χ2v) is 6.70. The van der Waals surface area contributed by atoms with Gasteiger partial charge in [-0.2, -0.15) is 0 Å². The number of amides is 2. The molecule has 3 N–H and O–H groups in total. The molecule has 1 aromatic carbocycles. The van der Waals surface area contributed by atoms with E-state index >= 15 is 0 Å². The molecule has 0 radical (unpaired) electrons. The molecule has 0 atom stereocenters. The molecule has 0 aliphatic heterocycles. The summed E-state index contributed by atoms with van der Waals surface area (Å²) in [7, 11) is 0. The van der Waals surface area contributed by atoms with Crippen molar-refractivity contribution in [2.75, 3.05) is 5.32 Å². The van der Waals surface area contributed by atoms with E-state index in [4.69, 9.17) is 5.73 Å². The Kier molecular flexibility index (Phi) is 4.66. The molecular formula is C17H20N2O2S. The highest BCUT2D eigenvalue weighted by Crippen LogP contribution is 2.33. The summed E-state index contributed by atoms with van der Waals surface area (Å²) in [4.78, 5) is 25.1. The van der Waals surface area contributed by atoms with Crippen LogP contribution in [-0.4, -0.2) is 11.8 Å². The standard InChI is InChI=1S/C17H20N2O2S/c1-9(2)14-8-13(15(18)20)17(22-14)19-16(21)12-7-5-6-10(3)11(12)4/h5-9H,1-4H3,(H2,18,20)(H,19,21). The van der Waals surface area contributed by atoms with Crippen LogP contribution in [-0.2, 0) is 0 Å². The molecule has 2 rings (SSSR count). The number of aryl methyl sites for hydroxylation is 1. The maximum Gasteiger partial charge on any atom is 0.256 e. The van der Waals surface area contributed by atoms with Crippen LogP contribution in [0.1, 0.15) is 56.5 Å². The summed E-state index contributed by atoms with van der Waals surface area (Å²) in [6, 6.07) is 7.35. The van der Waals surface area contributed by atoms with E-state index in [-0.39, 0.29) is 11.8 Å². The first-order valence-corrected chi connectivity index (χ1v) is 7.94. The molecule has 0 saturated carbocycles. The van der Waals surface area contributed by atoms with Gasteiger partial charge in [-0.25, -0.2) is 0 Å². The van der Waals surface area contributed by atoms with E-state index in [9.17, 15) is 9.59 Å². The maximum atomic E-state index is 12.5. The van der Waals surface area contributed by atoms with Gasteiger partial charge in [-0.15, -0.1) is 11.3 Å². The van der Waals surface area contributed by atoms with Crippen molar-refractivity contribution in [2.24, 2.45) is 5.73 Å². The number of primary amides is 1. The van der Waals surface area contributed by atoms with Crippen molar-refractivity contribution < 1.29 is 9.59 Å². The van der Waals surface area contributed by atoms with Crippen LogP contribution in [0.5, 0.6) is 0 Å². The molecule has 0 aliphatic rings. The van der Waals surface area contributed by atoms with E-state index in [0.29, 0.717) is 16.1 Å². The second-order valence-electron chi connectivity index (χ2n) is 5.61. The molecule has 0 unspecified atom stereocenters. The zero-order chi connectivity index (χ0) is 16.4. The number of carbonyl (C=O) groups excluding carboxylic acids is 2. The summed E-state index contributed by atoms with van der Waals surface area (Å²) in [6.45, 7) is 7.94. The minimum atomic E-state index is -0.528. The summed E-state index contributed by atoms with van der Waals surface area (Å²) in [5.74, 6) is -0.477. The van der Waals surface area contributed by atoms with Gasteiger partial charge in [0.1, 0.15) is 5.00 Å². The quantitative estimate of drug-likeness (QED) is 0.899. The van der Waals surface area contributed by atoms with Gasteiger partial charge in [-0.05, 0) is 43.0 Å². The third-order valence-corrected chi connectivity index (χ3v) is 5.01. The van der Waals surface area contributed by atoms with Gasteiger partial charge in [0.2, 0.25) is 0 Å². The molecule has 1 aromatic heterocycles. The topological polar surface area (TPSA) is 72.2 Å². The molecule has 2 aromatic rings. The molecule has 116 valence electrons. The molecule has 0 aliphatic carbocycles. The van der Waals surface area contributed by atoms with Gasteiger partial charge in [-0.3, -0.25) is 9.59 Å². The number of benzene rings is 1. The third kappa shape index (κ3) is 3.20. The van der Waals surface area contributed by atoms with E-state index in [0.717, 1.165) is 16.0 Å². The minimum absolute atomic E-state index is 0.221. The Morgan fingerprint density at radius 1 is 1.18 bits per heavy atom. The summed E-state index contributed by atoms with van der Waals surface area (Å²) in [5, 5.41) is 3.35. The molecule has 4 nitrogen and oxygen atoms in total. The Morgan fingerprint density at radius 2 is 1.86 bits per heavy atom. The summed E-state index contributed by atoms with van der Waals surface area (Å²) < 4.78 is 0. The van der Waals surface area contributed by atoms with E-state index in [1.54, 1.807) is 12.1 Å². The van der Waals surface area contributed by atoms with Gasteiger partial charge >= 0.3 is 0 Å². The first-order valence-electron chi connectivity index (χ1n) is 7.12. The molecule has 1 heterocycles. The van der Waals surface area contributed by atoms with Gasteiger partial charge in [-0.1, -0.05) is 26.0 Å². The molecule has 0 saturated heterocycles. The van der Waals surface area contributed by atoms with Crippen LogP contribution in [0.4, 0.5) is 5.00 Å². The van der Waals surface area contributed by atoms with Crippen molar-refractivity contribution in [1.29, 1.82) is 0 Å². The summed E-state index contributed by atoms with van der Waals surface area (Å²) >= 11 is 1.40. The predicted molar refractivity (Wildman–Crippen MR) is 90.8 cm³/mol. The molecule has 2 amide bonds. The van der Waals surface area contributed by atoms with Gasteiger partial charge < -0.3 is 11.1 Å². The predicted octanol–water partition coefficient (Wildman–Crippen LogP) is 3.84. The number of nitrogens with two attached hydrogens (primary N) is 1. The van der Waals surface area contributed by atoms with E-state index in [2.05, 4.69) is 5.32 Å². The van der Waals surface area contributed by atoms with Crippen LogP contribution in [0, 0.1) is 13.8 Å². The van der Waals surface area contributed by atoms with Gasteiger partial charge in [0.15, 0.2) is 0 Å². The highest BCUT2D eigenvalue weighted by atomic mass is 32.1. The van der Waals surface area contributed by atoms with Crippen LogP contribution in [0.15, 0.2) is 24.3 Å². The van der Waals surface area contributed by atoms with Crippen molar-refractivity contribution in [3.63, 3.8) is 0 Å². The number of thiophene rings is 1. The fourth-order valence-corrected chi connectivity index (χ4v) is 3.20. The lowest BCUT2D eigenvalue weighted by atomic mass is 10.0. The second kappa shape index (κ2) is 6.32. The SMILES string of the molecule is Cc1cccc(C(=O)Nc2sc(C(C)C)cc2C(N)=O)c1C. The zero-order valence-electron chi connectivity index (χ0n) is 13.2. The molecule has 5 heteroatoms. The lowest BCUT2D eigenvalue weighted by Crippen LogP contribution is -2.17. The molecule has 22 heavy (non-hydrogen) atoms. The van der Waals surface area contributed by atoms with Crippen molar-refractivity contribution in [1.82, 2.24) is 0 Å². The molecule has 0 fully saturated rings. The first kappa shape index (κ1) is 16.2. The Hall–Kier alpha value is -2.14. The van der Waals surface area contributed by atoms with Gasteiger partial charge in [0.05, 0.1) is 5.56 Å². The van der Waals surface area contributed by atoms with Crippen LogP contribution < -0.4 is 11.1 Å². The van der Waals surface area contributed by atoms with Crippen LogP contribution >= 0.6 is 11.3 Å². The highest BCUT2D eigenvalue weighted by molar-refractivity contribution is 7.16. The Bertz CT molecular complexity index is 732. The Labute approximate surface area is 134 Å². The number of hydrogen-bond donors (Lipinski definition) is 2. The summed E-state index contributed by atoms with van der Waals surface area (Å²) in [5.41, 5.74) is 8.37. The van der Waals surface area contributed by atoms with Crippen LogP contribution in [0.2, 0.25) is 0 Å². The molecular weight excluding hydrogens is 296 g/mol. The number of rotatable bonds is 4. The third-order valence-electron chi connectivity index (χ3n) is 3.66. The fourth-order valence-electron chi connectivity index (χ4n) is 2.14. The Balaban J connectivity index is 2.36. The first-order chi connectivity index (χ1) is 10.3. The van der Waals surface area contributed by atoms with Crippen molar-refractivity contribution in [2.45, 2.75) is 33.6 Å². The van der Waals surface area contributed by atoms with Crippen LogP contribution in [0.25, 0.3) is 0 Å². The lowest BCUT2D eigenvalue weighted by molar-refractivity contribution is 0.100. The number of hydrogen-bond acceptors (Lipinski definition) is 3. The number of anilines is 1. The van der Waals surface area contributed by atoms with Gasteiger partial charge in [0.25, 0.3) is 11.8 Å². The maximum absolute atomic E-state index is 12.5. The van der Waals surface area contributed by atoms with Crippen molar-refractivity contribution in [3.05, 3.63) is 51.4 Å². The normalized spacial score (nSPS) is 10.8. The Morgan fingerprint density at radius 3 is 2.45 bits per heavy atom. The molecule has 0 spiro atoms. The number of nitrogens with one attached hydrogen (secondary N) is 1. The van der Waals surface area contributed by atoms with Gasteiger partial charge in [0, 0.05) is 10.4 Å². The summed E-state index contributed by atoms with van der Waals surface area (Å²) in [6.07, 6.45) is 0. The fraction of sp³-hybridized carbons (Fsp3) is 0.294. The molecule has 0 bridgehead atoms. The highest BCUT2D eigenvalue weighted by Gasteiger charge is 2.19. The average Bonchev–Trinajstić information content (AvgIpc) is 2.86. The van der Waals surface area contributed by atoms with E-state index < -0.39 is 5.91 Å². The van der Waals surface area contributed by atoms with E-state index in [1.165, 1.54) is 11.3 Å². The van der Waals surface area contributed by atoms with Crippen molar-refractivity contribution in [3.8, 4) is 0 Å². The lowest BCUT2D eigenvalue weighted by Gasteiger charge is -2.09. The minimum Gasteiger partial charge on any atom is -0.366 e.